The van der Waals surface area contributed by atoms with E-state index >= 15 is 0 Å². The Bertz CT molecular complexity index is 504. The fourth-order valence-electron chi connectivity index (χ4n) is 1.66. The fraction of sp³-hybridized carbons (Fsp3) is 0.417. The van der Waals surface area contributed by atoms with Gasteiger partial charge in [-0.3, -0.25) is 4.98 Å². The van der Waals surface area contributed by atoms with Crippen molar-refractivity contribution in [2.75, 3.05) is 6.61 Å². The number of pyridine rings is 1. The van der Waals surface area contributed by atoms with E-state index in [1.54, 1.807) is 26.1 Å². The lowest BCUT2D eigenvalue weighted by molar-refractivity contribution is -0.166. The zero-order valence-electron chi connectivity index (χ0n) is 10.1. The minimum absolute atomic E-state index is 0.311. The summed E-state index contributed by atoms with van der Waals surface area (Å²) in [7, 11) is 0. The third kappa shape index (κ3) is 2.46. The minimum Gasteiger partial charge on any atom is -0.463 e. The van der Waals surface area contributed by atoms with Gasteiger partial charge in [0.2, 0.25) is 5.60 Å². The van der Waals surface area contributed by atoms with Crippen molar-refractivity contribution < 1.29 is 14.4 Å². The van der Waals surface area contributed by atoms with Gasteiger partial charge in [0.1, 0.15) is 0 Å². The molecule has 96 valence electrons. The molecule has 1 atom stereocenters. The zero-order chi connectivity index (χ0) is 13.2. The summed E-state index contributed by atoms with van der Waals surface area (Å²) in [6, 6.07) is 1.73. The number of carbonyl (C=O) groups is 1. The van der Waals surface area contributed by atoms with Gasteiger partial charge < -0.3 is 9.57 Å². The molecule has 0 fully saturated rings. The van der Waals surface area contributed by atoms with Crippen molar-refractivity contribution in [1.82, 2.24) is 4.98 Å². The molecular formula is C12H13ClN2O3. The summed E-state index contributed by atoms with van der Waals surface area (Å²) in [5, 5.41) is 4.43. The molecule has 0 saturated carbocycles. The Morgan fingerprint density at radius 1 is 1.61 bits per heavy atom. The zero-order valence-corrected chi connectivity index (χ0v) is 10.9. The summed E-state index contributed by atoms with van der Waals surface area (Å²) in [6.45, 7) is 3.71. The highest BCUT2D eigenvalue weighted by Crippen LogP contribution is 2.28. The quantitative estimate of drug-likeness (QED) is 0.789. The number of oxime groups is 1. The number of hydrogen-bond donors (Lipinski definition) is 0. The van der Waals surface area contributed by atoms with Crippen molar-refractivity contribution in [3.8, 4) is 0 Å². The smallest absolute Gasteiger partial charge is 0.353 e. The molecule has 1 aromatic heterocycles. The number of aromatic nitrogens is 1. The SMILES string of the molecule is CCOC(=O)C1(C)CC(c2cncc(Cl)c2)=NO1. The molecule has 1 unspecified atom stereocenters. The monoisotopic (exact) mass is 268 g/mol. The molecule has 2 rings (SSSR count). The highest BCUT2D eigenvalue weighted by Gasteiger charge is 2.43. The molecule has 18 heavy (non-hydrogen) atoms. The maximum absolute atomic E-state index is 11.7. The van der Waals surface area contributed by atoms with Crippen molar-refractivity contribution >= 4 is 23.3 Å². The van der Waals surface area contributed by atoms with Crippen molar-refractivity contribution in [1.29, 1.82) is 0 Å². The van der Waals surface area contributed by atoms with Gasteiger partial charge in [-0.05, 0) is 19.9 Å². The van der Waals surface area contributed by atoms with E-state index in [0.29, 0.717) is 23.8 Å². The minimum atomic E-state index is -1.06. The number of esters is 1. The van der Waals surface area contributed by atoms with Crippen LogP contribution in [-0.4, -0.2) is 28.9 Å². The van der Waals surface area contributed by atoms with Crippen LogP contribution in [0, 0.1) is 0 Å². The Hall–Kier alpha value is -1.62. The van der Waals surface area contributed by atoms with Crippen LogP contribution in [0.25, 0.3) is 0 Å². The van der Waals surface area contributed by atoms with Crippen LogP contribution in [0.1, 0.15) is 25.8 Å². The van der Waals surface area contributed by atoms with Crippen LogP contribution in [0.15, 0.2) is 23.6 Å². The molecule has 0 spiro atoms. The van der Waals surface area contributed by atoms with Crippen molar-refractivity contribution in [2.24, 2.45) is 5.16 Å². The maximum Gasteiger partial charge on any atom is 0.353 e. The predicted octanol–water partition coefficient (Wildman–Crippen LogP) is 2.18. The van der Waals surface area contributed by atoms with Gasteiger partial charge in [0.15, 0.2) is 0 Å². The molecular weight excluding hydrogens is 256 g/mol. The van der Waals surface area contributed by atoms with E-state index < -0.39 is 11.6 Å². The molecule has 0 amide bonds. The molecule has 0 bridgehead atoms. The van der Waals surface area contributed by atoms with Crippen LogP contribution >= 0.6 is 11.6 Å². The van der Waals surface area contributed by atoms with Crippen LogP contribution in [0.3, 0.4) is 0 Å². The number of ether oxygens (including phenoxy) is 1. The first kappa shape index (κ1) is 12.8. The number of rotatable bonds is 3. The lowest BCUT2D eigenvalue weighted by Crippen LogP contribution is -2.37. The normalized spacial score (nSPS) is 22.3. The van der Waals surface area contributed by atoms with E-state index in [4.69, 9.17) is 21.2 Å². The molecule has 1 aromatic rings. The van der Waals surface area contributed by atoms with E-state index in [2.05, 4.69) is 10.1 Å². The van der Waals surface area contributed by atoms with E-state index in [1.165, 1.54) is 6.20 Å². The first-order chi connectivity index (χ1) is 8.55. The van der Waals surface area contributed by atoms with E-state index in [0.717, 1.165) is 5.56 Å². The summed E-state index contributed by atoms with van der Waals surface area (Å²) < 4.78 is 4.96. The standard InChI is InChI=1S/C12H13ClN2O3/c1-3-17-11(16)12(2)5-10(15-18-12)8-4-9(13)7-14-6-8/h4,6-7H,3,5H2,1-2H3. The molecule has 6 heteroatoms. The van der Waals surface area contributed by atoms with Gasteiger partial charge in [0.25, 0.3) is 0 Å². The fourth-order valence-corrected chi connectivity index (χ4v) is 1.83. The lowest BCUT2D eigenvalue weighted by atomic mass is 9.97. The Morgan fingerprint density at radius 3 is 3.06 bits per heavy atom. The Labute approximate surface area is 110 Å². The van der Waals surface area contributed by atoms with Crippen molar-refractivity contribution in [3.05, 3.63) is 29.0 Å². The van der Waals surface area contributed by atoms with Crippen LogP contribution in [0.4, 0.5) is 0 Å². The topological polar surface area (TPSA) is 60.8 Å². The van der Waals surface area contributed by atoms with Crippen LogP contribution in [-0.2, 0) is 14.4 Å². The van der Waals surface area contributed by atoms with Gasteiger partial charge in [0, 0.05) is 24.4 Å². The summed E-state index contributed by atoms with van der Waals surface area (Å²) in [5.74, 6) is -0.418. The first-order valence-corrected chi connectivity index (χ1v) is 5.96. The van der Waals surface area contributed by atoms with Gasteiger partial charge in [-0.15, -0.1) is 0 Å². The second kappa shape index (κ2) is 4.94. The van der Waals surface area contributed by atoms with Gasteiger partial charge in [-0.25, -0.2) is 4.79 Å². The Kier molecular flexibility index (Phi) is 3.52. The number of nitrogens with zero attached hydrogens (tertiary/aromatic N) is 2. The number of hydrogen-bond acceptors (Lipinski definition) is 5. The summed E-state index contributed by atoms with van der Waals surface area (Å²) >= 11 is 5.86. The van der Waals surface area contributed by atoms with Gasteiger partial charge in [-0.1, -0.05) is 16.8 Å². The van der Waals surface area contributed by atoms with Crippen molar-refractivity contribution in [3.63, 3.8) is 0 Å². The molecule has 1 aliphatic heterocycles. The Balaban J connectivity index is 2.14. The van der Waals surface area contributed by atoms with Crippen LogP contribution in [0.5, 0.6) is 0 Å². The molecule has 0 aromatic carbocycles. The van der Waals surface area contributed by atoms with Crippen LogP contribution < -0.4 is 0 Å². The second-order valence-corrected chi connectivity index (χ2v) is 4.59. The molecule has 0 N–H and O–H groups in total. The van der Waals surface area contributed by atoms with Gasteiger partial charge in [0.05, 0.1) is 17.3 Å². The molecule has 5 nitrogen and oxygen atoms in total. The average molecular weight is 269 g/mol. The summed E-state index contributed by atoms with van der Waals surface area (Å²) in [5.41, 5.74) is 0.323. The van der Waals surface area contributed by atoms with Gasteiger partial charge >= 0.3 is 5.97 Å². The molecule has 2 heterocycles. The number of carbonyl (C=O) groups excluding carboxylic acids is 1. The molecule has 0 saturated heterocycles. The number of halogens is 1. The van der Waals surface area contributed by atoms with Crippen molar-refractivity contribution in [2.45, 2.75) is 25.9 Å². The average Bonchev–Trinajstić information content (AvgIpc) is 2.74. The summed E-state index contributed by atoms with van der Waals surface area (Å²) in [6.07, 6.45) is 3.50. The molecule has 1 aliphatic rings. The third-order valence-corrected chi connectivity index (χ3v) is 2.81. The third-order valence-electron chi connectivity index (χ3n) is 2.61. The van der Waals surface area contributed by atoms with E-state index in [1.807, 2.05) is 0 Å². The molecule has 0 radical (unpaired) electrons. The predicted molar refractivity (Wildman–Crippen MR) is 66.5 cm³/mol. The molecule has 0 aliphatic carbocycles. The van der Waals surface area contributed by atoms with Crippen LogP contribution in [0.2, 0.25) is 5.02 Å². The second-order valence-electron chi connectivity index (χ2n) is 4.15. The highest BCUT2D eigenvalue weighted by atomic mass is 35.5. The lowest BCUT2D eigenvalue weighted by Gasteiger charge is -2.18. The van der Waals surface area contributed by atoms with E-state index in [9.17, 15) is 4.79 Å². The summed E-state index contributed by atoms with van der Waals surface area (Å²) in [4.78, 5) is 20.9. The Morgan fingerprint density at radius 2 is 2.39 bits per heavy atom. The largest absolute Gasteiger partial charge is 0.463 e. The first-order valence-electron chi connectivity index (χ1n) is 5.58. The highest BCUT2D eigenvalue weighted by molar-refractivity contribution is 6.30. The maximum atomic E-state index is 11.7. The van der Waals surface area contributed by atoms with E-state index in [-0.39, 0.29) is 0 Å². The van der Waals surface area contributed by atoms with Gasteiger partial charge in [-0.2, -0.15) is 0 Å².